The number of anilines is 1. The van der Waals surface area contributed by atoms with E-state index in [0.29, 0.717) is 74.8 Å². The summed E-state index contributed by atoms with van der Waals surface area (Å²) in [5.41, 5.74) is 0. The fourth-order valence-corrected chi connectivity index (χ4v) is 5.16. The highest BCUT2D eigenvalue weighted by atomic mass is 35.5. The number of piperidine rings is 1. The summed E-state index contributed by atoms with van der Waals surface area (Å²) in [6, 6.07) is 1.67. The summed E-state index contributed by atoms with van der Waals surface area (Å²) in [6.07, 6.45) is 1.24. The van der Waals surface area contributed by atoms with Crippen molar-refractivity contribution in [2.24, 2.45) is 5.92 Å². The van der Waals surface area contributed by atoms with E-state index in [1.54, 1.807) is 17.9 Å². The van der Waals surface area contributed by atoms with Crippen molar-refractivity contribution in [2.75, 3.05) is 56.5 Å². The molecule has 1 aromatic rings. The zero-order valence-electron chi connectivity index (χ0n) is 20.0. The van der Waals surface area contributed by atoms with Gasteiger partial charge in [-0.2, -0.15) is 0 Å². The number of rotatable bonds is 7. The third kappa shape index (κ3) is 6.88. The Balaban J connectivity index is 1.53. The smallest absolute Gasteiger partial charge is 0.317 e. The molecule has 0 spiro atoms. The third-order valence-corrected chi connectivity index (χ3v) is 7.02. The van der Waals surface area contributed by atoms with Gasteiger partial charge in [0.2, 0.25) is 5.91 Å². The van der Waals surface area contributed by atoms with Crippen LogP contribution in [0.4, 0.5) is 10.6 Å². The lowest BCUT2D eigenvalue weighted by atomic mass is 9.97. The van der Waals surface area contributed by atoms with Gasteiger partial charge >= 0.3 is 12.0 Å². The van der Waals surface area contributed by atoms with Gasteiger partial charge in [-0.25, -0.2) is 14.8 Å². The van der Waals surface area contributed by atoms with Gasteiger partial charge in [0.05, 0.1) is 18.3 Å². The molecule has 0 saturated carbocycles. The number of thioether (sulfide) groups is 1. The molecule has 3 rings (SSSR count). The van der Waals surface area contributed by atoms with Crippen LogP contribution in [0.5, 0.6) is 0 Å². The zero-order chi connectivity index (χ0) is 24.7. The van der Waals surface area contributed by atoms with E-state index in [-0.39, 0.29) is 35.6 Å². The Morgan fingerprint density at radius 1 is 1.18 bits per heavy atom. The van der Waals surface area contributed by atoms with Crippen LogP contribution in [0.2, 0.25) is 5.15 Å². The predicted octanol–water partition coefficient (Wildman–Crippen LogP) is 2.26. The molecular weight excluding hydrogens is 480 g/mol. The van der Waals surface area contributed by atoms with Gasteiger partial charge in [-0.05, 0) is 33.6 Å². The summed E-state index contributed by atoms with van der Waals surface area (Å²) in [6.45, 7) is 9.59. The molecule has 10 nitrogen and oxygen atoms in total. The van der Waals surface area contributed by atoms with Gasteiger partial charge in [-0.3, -0.25) is 9.59 Å². The fraction of sp³-hybridized carbons (Fsp3) is 0.682. The van der Waals surface area contributed by atoms with E-state index < -0.39 is 0 Å². The number of piperazine rings is 1. The maximum Gasteiger partial charge on any atom is 0.317 e. The van der Waals surface area contributed by atoms with Crippen molar-refractivity contribution >= 4 is 47.1 Å². The normalized spacial score (nSPS) is 19.2. The van der Waals surface area contributed by atoms with Crippen LogP contribution in [0.15, 0.2) is 11.2 Å². The number of nitrogens with zero attached hydrogens (tertiary/aromatic N) is 5. The number of nitrogens with one attached hydrogen (secondary N) is 1. The fourth-order valence-electron chi connectivity index (χ4n) is 4.17. The number of likely N-dealkylation sites (tertiary alicyclic amines) is 1. The van der Waals surface area contributed by atoms with E-state index in [1.165, 1.54) is 11.8 Å². The lowest BCUT2D eigenvalue weighted by molar-refractivity contribution is -0.151. The van der Waals surface area contributed by atoms with Crippen molar-refractivity contribution in [1.29, 1.82) is 0 Å². The molecule has 1 atom stereocenters. The molecule has 1 N–H and O–H groups in total. The number of urea groups is 1. The summed E-state index contributed by atoms with van der Waals surface area (Å²) < 4.78 is 5.09. The topological polar surface area (TPSA) is 108 Å². The molecule has 188 valence electrons. The third-order valence-electron chi connectivity index (χ3n) is 5.99. The molecule has 0 bridgehead atoms. The Morgan fingerprint density at radius 2 is 1.91 bits per heavy atom. The molecule has 12 heteroatoms. The highest BCUT2D eigenvalue weighted by Gasteiger charge is 2.30. The van der Waals surface area contributed by atoms with Crippen LogP contribution in [0, 0.1) is 5.92 Å². The number of hydrogen-bond donors (Lipinski definition) is 1. The molecule has 2 saturated heterocycles. The van der Waals surface area contributed by atoms with E-state index >= 15 is 0 Å². The standard InChI is InChI=1S/C22H33ClN6O4S/c1-4-24-22(32)29-11-10-28(13-15(29)3)18-12-17(23)25-21(26-18)34-14-19(30)27-8-6-16(7-9-27)20(31)33-5-2/h12,15-16H,4-11,13-14H2,1-3H3,(H,24,32). The Hall–Kier alpha value is -2.27. The summed E-state index contributed by atoms with van der Waals surface area (Å²) in [5.74, 6) is 0.566. The first-order chi connectivity index (χ1) is 16.3. The van der Waals surface area contributed by atoms with E-state index in [9.17, 15) is 14.4 Å². The minimum atomic E-state index is -0.176. The summed E-state index contributed by atoms with van der Waals surface area (Å²) in [5, 5.41) is 3.60. The first-order valence-electron chi connectivity index (χ1n) is 11.7. The first kappa shape index (κ1) is 26.3. The molecule has 1 unspecified atom stereocenters. The van der Waals surface area contributed by atoms with Gasteiger partial charge in [-0.1, -0.05) is 23.4 Å². The molecule has 0 radical (unpaired) electrons. The van der Waals surface area contributed by atoms with Crippen molar-refractivity contribution in [2.45, 2.75) is 44.8 Å². The van der Waals surface area contributed by atoms with Crippen molar-refractivity contribution < 1.29 is 19.1 Å². The maximum atomic E-state index is 12.7. The molecular formula is C22H33ClN6O4S. The summed E-state index contributed by atoms with van der Waals surface area (Å²) in [7, 11) is 0. The predicted molar refractivity (Wildman–Crippen MR) is 131 cm³/mol. The Morgan fingerprint density at radius 3 is 2.56 bits per heavy atom. The Labute approximate surface area is 209 Å². The van der Waals surface area contributed by atoms with Crippen LogP contribution in [0.3, 0.4) is 0 Å². The summed E-state index contributed by atoms with van der Waals surface area (Å²) in [4.78, 5) is 51.4. The van der Waals surface area contributed by atoms with Crippen LogP contribution < -0.4 is 10.2 Å². The average Bonchev–Trinajstić information content (AvgIpc) is 2.82. The Bertz CT molecular complexity index is 883. The second-order valence-electron chi connectivity index (χ2n) is 8.35. The number of ether oxygens (including phenoxy) is 1. The van der Waals surface area contributed by atoms with E-state index in [2.05, 4.69) is 20.2 Å². The number of halogens is 1. The number of carbonyl (C=O) groups excluding carboxylic acids is 3. The summed E-state index contributed by atoms with van der Waals surface area (Å²) >= 11 is 7.51. The maximum absolute atomic E-state index is 12.7. The van der Waals surface area contributed by atoms with Crippen molar-refractivity contribution in [3.05, 3.63) is 11.2 Å². The lowest BCUT2D eigenvalue weighted by Gasteiger charge is -2.40. The molecule has 2 fully saturated rings. The monoisotopic (exact) mass is 512 g/mol. The quantitative estimate of drug-likeness (QED) is 0.256. The van der Waals surface area contributed by atoms with Gasteiger partial charge in [0.1, 0.15) is 11.0 Å². The van der Waals surface area contributed by atoms with Crippen molar-refractivity contribution in [3.8, 4) is 0 Å². The second-order valence-corrected chi connectivity index (χ2v) is 9.68. The van der Waals surface area contributed by atoms with Gasteiger partial charge < -0.3 is 24.8 Å². The minimum Gasteiger partial charge on any atom is -0.466 e. The second kappa shape index (κ2) is 12.4. The van der Waals surface area contributed by atoms with Crippen LogP contribution in [-0.2, 0) is 14.3 Å². The highest BCUT2D eigenvalue weighted by Crippen LogP contribution is 2.25. The Kier molecular flexibility index (Phi) is 9.63. The van der Waals surface area contributed by atoms with Gasteiger partial charge in [0.25, 0.3) is 0 Å². The SMILES string of the molecule is CCNC(=O)N1CCN(c2cc(Cl)nc(SCC(=O)N3CCC(C(=O)OCC)CC3)n2)CC1C. The van der Waals surface area contributed by atoms with Crippen LogP contribution >= 0.6 is 23.4 Å². The van der Waals surface area contributed by atoms with E-state index in [1.807, 2.05) is 18.7 Å². The van der Waals surface area contributed by atoms with Crippen LogP contribution in [-0.4, -0.2) is 95.3 Å². The molecule has 3 heterocycles. The van der Waals surface area contributed by atoms with E-state index in [4.69, 9.17) is 16.3 Å². The molecule has 0 aromatic carbocycles. The molecule has 0 aliphatic carbocycles. The van der Waals surface area contributed by atoms with Gasteiger partial charge in [-0.15, -0.1) is 0 Å². The number of amides is 3. The highest BCUT2D eigenvalue weighted by molar-refractivity contribution is 7.99. The molecule has 3 amide bonds. The largest absolute Gasteiger partial charge is 0.466 e. The van der Waals surface area contributed by atoms with Crippen molar-refractivity contribution in [1.82, 2.24) is 25.1 Å². The number of hydrogen-bond acceptors (Lipinski definition) is 8. The van der Waals surface area contributed by atoms with Crippen LogP contribution in [0.1, 0.15) is 33.6 Å². The number of esters is 1. The lowest BCUT2D eigenvalue weighted by Crippen LogP contribution is -2.56. The first-order valence-corrected chi connectivity index (χ1v) is 13.1. The zero-order valence-corrected chi connectivity index (χ0v) is 21.5. The number of aromatic nitrogens is 2. The van der Waals surface area contributed by atoms with Gasteiger partial charge in [0, 0.05) is 51.4 Å². The molecule has 2 aliphatic heterocycles. The molecule has 1 aromatic heterocycles. The average molecular weight is 513 g/mol. The minimum absolute atomic E-state index is 0.0124. The van der Waals surface area contributed by atoms with E-state index in [0.717, 1.165) is 0 Å². The van der Waals surface area contributed by atoms with Gasteiger partial charge in [0.15, 0.2) is 5.16 Å². The number of carbonyl (C=O) groups is 3. The molecule has 34 heavy (non-hydrogen) atoms. The molecule has 2 aliphatic rings. The van der Waals surface area contributed by atoms with Crippen molar-refractivity contribution in [3.63, 3.8) is 0 Å². The van der Waals surface area contributed by atoms with Crippen LogP contribution in [0.25, 0.3) is 0 Å².